The zero-order valence-electron chi connectivity index (χ0n) is 13.1. The number of aromatic nitrogens is 1. The maximum Gasteiger partial charge on any atom is 0.414 e. The van der Waals surface area contributed by atoms with E-state index in [4.69, 9.17) is 4.74 Å². The highest BCUT2D eigenvalue weighted by Gasteiger charge is 2.30. The van der Waals surface area contributed by atoms with Gasteiger partial charge in [-0.2, -0.15) is 0 Å². The van der Waals surface area contributed by atoms with Crippen molar-refractivity contribution in [2.45, 2.75) is 46.1 Å². The zero-order chi connectivity index (χ0) is 15.2. The van der Waals surface area contributed by atoms with Crippen LogP contribution in [-0.4, -0.2) is 23.2 Å². The summed E-state index contributed by atoms with van der Waals surface area (Å²) in [5.74, 6) is 0. The van der Waals surface area contributed by atoms with Gasteiger partial charge < -0.3 is 9.72 Å². The summed E-state index contributed by atoms with van der Waals surface area (Å²) in [7, 11) is 0. The molecule has 112 valence electrons. The molecule has 4 heteroatoms. The van der Waals surface area contributed by atoms with Crippen LogP contribution < -0.4 is 4.90 Å². The van der Waals surface area contributed by atoms with Crippen molar-refractivity contribution in [2.24, 2.45) is 0 Å². The van der Waals surface area contributed by atoms with Crippen molar-refractivity contribution < 1.29 is 9.53 Å². The van der Waals surface area contributed by atoms with Crippen LogP contribution in [0.4, 0.5) is 10.5 Å². The van der Waals surface area contributed by atoms with Crippen LogP contribution in [0.3, 0.4) is 0 Å². The quantitative estimate of drug-likeness (QED) is 0.790. The van der Waals surface area contributed by atoms with Crippen LogP contribution >= 0.6 is 0 Å². The minimum absolute atomic E-state index is 0.258. The molecular weight excluding hydrogens is 264 g/mol. The lowest BCUT2D eigenvalue weighted by Gasteiger charge is -2.30. The molecule has 0 spiro atoms. The van der Waals surface area contributed by atoms with Crippen LogP contribution in [0.15, 0.2) is 18.2 Å². The molecule has 4 nitrogen and oxygen atoms in total. The molecule has 1 aromatic heterocycles. The number of rotatable bonds is 0. The fourth-order valence-electron chi connectivity index (χ4n) is 2.86. The van der Waals surface area contributed by atoms with Crippen molar-refractivity contribution >= 4 is 22.7 Å². The number of fused-ring (bicyclic) bond motifs is 3. The molecule has 0 radical (unpaired) electrons. The highest BCUT2D eigenvalue weighted by molar-refractivity contribution is 6.03. The number of hydrogen-bond acceptors (Lipinski definition) is 2. The largest absolute Gasteiger partial charge is 0.443 e. The summed E-state index contributed by atoms with van der Waals surface area (Å²) in [5, 5.41) is 1.11. The van der Waals surface area contributed by atoms with Gasteiger partial charge in [-0.15, -0.1) is 0 Å². The van der Waals surface area contributed by atoms with E-state index >= 15 is 0 Å². The minimum atomic E-state index is -0.475. The molecule has 0 aliphatic carbocycles. The molecule has 0 unspecified atom stereocenters. The predicted molar refractivity (Wildman–Crippen MR) is 84.9 cm³/mol. The number of nitrogens with one attached hydrogen (secondary N) is 1. The third-order valence-corrected chi connectivity index (χ3v) is 3.69. The van der Waals surface area contributed by atoms with E-state index < -0.39 is 5.60 Å². The van der Waals surface area contributed by atoms with Gasteiger partial charge in [0.1, 0.15) is 5.60 Å². The van der Waals surface area contributed by atoms with Crippen molar-refractivity contribution in [3.8, 4) is 0 Å². The number of benzene rings is 1. The van der Waals surface area contributed by atoms with Gasteiger partial charge in [-0.25, -0.2) is 4.79 Å². The Bertz CT molecular complexity index is 695. The first kappa shape index (κ1) is 14.0. The number of ether oxygens (including phenoxy) is 1. The summed E-state index contributed by atoms with van der Waals surface area (Å²) in [5.41, 5.74) is 3.93. The lowest BCUT2D eigenvalue weighted by atomic mass is 10.1. The average molecular weight is 286 g/mol. The summed E-state index contributed by atoms with van der Waals surface area (Å²) < 4.78 is 5.56. The Labute approximate surface area is 125 Å². The van der Waals surface area contributed by atoms with Gasteiger partial charge in [0.05, 0.1) is 5.69 Å². The normalized spacial score (nSPS) is 15.1. The van der Waals surface area contributed by atoms with Crippen LogP contribution in [0.25, 0.3) is 10.9 Å². The van der Waals surface area contributed by atoms with Gasteiger partial charge in [-0.3, -0.25) is 4.90 Å². The Morgan fingerprint density at radius 2 is 2.10 bits per heavy atom. The molecule has 1 aliphatic rings. The van der Waals surface area contributed by atoms with Crippen LogP contribution in [0.5, 0.6) is 0 Å². The molecule has 0 bridgehead atoms. The lowest BCUT2D eigenvalue weighted by molar-refractivity contribution is 0.0578. The highest BCUT2D eigenvalue weighted by atomic mass is 16.6. The van der Waals surface area contributed by atoms with E-state index in [2.05, 4.69) is 30.1 Å². The Kier molecular flexibility index (Phi) is 3.19. The molecule has 0 atom stereocenters. The number of carbonyl (C=O) groups is 1. The molecule has 1 aromatic carbocycles. The smallest absolute Gasteiger partial charge is 0.414 e. The second-order valence-electron chi connectivity index (χ2n) is 6.74. The number of aryl methyl sites for hydroxylation is 2. The number of amides is 1. The second-order valence-corrected chi connectivity index (χ2v) is 6.74. The molecule has 0 saturated carbocycles. The van der Waals surface area contributed by atoms with E-state index in [1.54, 1.807) is 4.90 Å². The van der Waals surface area contributed by atoms with E-state index in [-0.39, 0.29) is 6.09 Å². The number of anilines is 1. The first-order chi connectivity index (χ1) is 9.85. The third-order valence-electron chi connectivity index (χ3n) is 3.69. The van der Waals surface area contributed by atoms with E-state index in [9.17, 15) is 4.79 Å². The van der Waals surface area contributed by atoms with Gasteiger partial charge in [-0.1, -0.05) is 11.6 Å². The summed E-state index contributed by atoms with van der Waals surface area (Å²) in [6.07, 6.45) is 1.67. The predicted octanol–water partition coefficient (Wildman–Crippen LogP) is 4.16. The van der Waals surface area contributed by atoms with Gasteiger partial charge in [0.25, 0.3) is 0 Å². The molecule has 3 rings (SSSR count). The van der Waals surface area contributed by atoms with Crippen molar-refractivity contribution in [2.75, 3.05) is 11.4 Å². The van der Waals surface area contributed by atoms with Crippen LogP contribution in [0, 0.1) is 6.92 Å². The first-order valence-electron chi connectivity index (χ1n) is 7.47. The number of nitrogens with zero attached hydrogens (tertiary/aromatic N) is 1. The van der Waals surface area contributed by atoms with Crippen molar-refractivity contribution in [3.63, 3.8) is 0 Å². The number of carbonyl (C=O) groups excluding carboxylic acids is 1. The second kappa shape index (κ2) is 4.79. The van der Waals surface area contributed by atoms with Gasteiger partial charge in [0, 0.05) is 23.1 Å². The molecule has 1 amide bonds. The summed E-state index contributed by atoms with van der Waals surface area (Å²) in [4.78, 5) is 17.7. The zero-order valence-corrected chi connectivity index (χ0v) is 13.1. The topological polar surface area (TPSA) is 45.3 Å². The number of H-pyrrole nitrogens is 1. The minimum Gasteiger partial charge on any atom is -0.443 e. The Morgan fingerprint density at radius 1 is 1.33 bits per heavy atom. The Balaban J connectivity index is 2.06. The molecular formula is C17H22N2O2. The molecule has 2 heterocycles. The highest BCUT2D eigenvalue weighted by Crippen LogP contribution is 2.36. The number of hydrogen-bond donors (Lipinski definition) is 1. The standard InChI is InChI=1S/C17H22N2O2/c1-11-7-8-13-12(10-11)15-14(18-13)6-5-9-19(15)16(20)21-17(2,3)4/h7-8,10,18H,5-6,9H2,1-4H3. The Hall–Kier alpha value is -1.97. The van der Waals surface area contributed by atoms with Crippen LogP contribution in [0.1, 0.15) is 38.4 Å². The molecule has 1 N–H and O–H groups in total. The molecule has 2 aromatic rings. The van der Waals surface area contributed by atoms with Gasteiger partial charge in [0.15, 0.2) is 0 Å². The average Bonchev–Trinajstić information content (AvgIpc) is 2.74. The van der Waals surface area contributed by atoms with E-state index in [0.717, 1.165) is 35.1 Å². The molecule has 1 aliphatic heterocycles. The van der Waals surface area contributed by atoms with Crippen LogP contribution in [0.2, 0.25) is 0 Å². The monoisotopic (exact) mass is 286 g/mol. The van der Waals surface area contributed by atoms with Crippen LogP contribution in [-0.2, 0) is 11.2 Å². The number of aromatic amines is 1. The van der Waals surface area contributed by atoms with Crippen molar-refractivity contribution in [1.29, 1.82) is 0 Å². The van der Waals surface area contributed by atoms with Crippen molar-refractivity contribution in [1.82, 2.24) is 4.98 Å². The summed E-state index contributed by atoms with van der Waals surface area (Å²) >= 11 is 0. The lowest BCUT2D eigenvalue weighted by Crippen LogP contribution is -2.39. The van der Waals surface area contributed by atoms with E-state index in [1.165, 1.54) is 5.56 Å². The summed E-state index contributed by atoms with van der Waals surface area (Å²) in [6.45, 7) is 8.47. The summed E-state index contributed by atoms with van der Waals surface area (Å²) in [6, 6.07) is 6.30. The fraction of sp³-hybridized carbons (Fsp3) is 0.471. The van der Waals surface area contributed by atoms with E-state index in [0.29, 0.717) is 6.54 Å². The van der Waals surface area contributed by atoms with Gasteiger partial charge in [-0.05, 0) is 52.7 Å². The van der Waals surface area contributed by atoms with Gasteiger partial charge >= 0.3 is 6.09 Å². The van der Waals surface area contributed by atoms with Crippen molar-refractivity contribution in [3.05, 3.63) is 29.5 Å². The third kappa shape index (κ3) is 2.62. The molecule has 21 heavy (non-hydrogen) atoms. The first-order valence-corrected chi connectivity index (χ1v) is 7.47. The van der Waals surface area contributed by atoms with E-state index in [1.807, 2.05) is 20.8 Å². The maximum absolute atomic E-state index is 12.5. The Morgan fingerprint density at radius 3 is 2.81 bits per heavy atom. The molecule has 0 saturated heterocycles. The SMILES string of the molecule is Cc1ccc2[nH]c3c(c2c1)N(C(=O)OC(C)(C)C)CCC3. The molecule has 0 fully saturated rings. The maximum atomic E-state index is 12.5. The van der Waals surface area contributed by atoms with Gasteiger partial charge in [0.2, 0.25) is 0 Å². The fourth-order valence-corrected chi connectivity index (χ4v) is 2.86.